The Morgan fingerprint density at radius 3 is 1.92 bits per heavy atom. The van der Waals surface area contributed by atoms with E-state index >= 15 is 0 Å². The van der Waals surface area contributed by atoms with Crippen molar-refractivity contribution >= 4 is 0 Å². The maximum atomic E-state index is 5.64. The lowest BCUT2D eigenvalue weighted by Crippen LogP contribution is -2.48. The minimum atomic E-state index is 0.123. The van der Waals surface area contributed by atoms with E-state index in [1.54, 1.807) is 0 Å². The Balaban J connectivity index is 4.06. The zero-order valence-corrected chi connectivity index (χ0v) is 10.2. The van der Waals surface area contributed by atoms with Gasteiger partial charge in [-0.3, -0.25) is 4.90 Å². The van der Waals surface area contributed by atoms with E-state index in [2.05, 4.69) is 53.5 Å². The number of nitrogens with zero attached hydrogens (tertiary/aromatic N) is 1. The highest BCUT2D eigenvalue weighted by atomic mass is 16.5. The van der Waals surface area contributed by atoms with Crippen molar-refractivity contribution in [2.24, 2.45) is 0 Å². The molecule has 0 bridgehead atoms. The second-order valence-electron chi connectivity index (χ2n) is 4.88. The zero-order valence-electron chi connectivity index (χ0n) is 10.2. The van der Waals surface area contributed by atoms with Crippen LogP contribution in [0.5, 0.6) is 0 Å². The van der Waals surface area contributed by atoms with Gasteiger partial charge in [-0.15, -0.1) is 0 Å². The van der Waals surface area contributed by atoms with Crippen LogP contribution in [-0.4, -0.2) is 36.2 Å². The van der Waals surface area contributed by atoms with Gasteiger partial charge in [0.1, 0.15) is 0 Å². The number of ether oxygens (including phenoxy) is 1. The third kappa shape index (κ3) is 4.63. The molecule has 0 saturated carbocycles. The monoisotopic (exact) mass is 187 g/mol. The highest BCUT2D eigenvalue weighted by Gasteiger charge is 2.25. The molecule has 0 atom stereocenters. The summed E-state index contributed by atoms with van der Waals surface area (Å²) in [5, 5.41) is 0. The zero-order chi connectivity index (χ0) is 10.6. The van der Waals surface area contributed by atoms with Crippen LogP contribution in [0.25, 0.3) is 0 Å². The van der Waals surface area contributed by atoms with Gasteiger partial charge >= 0.3 is 0 Å². The molecule has 0 aliphatic rings. The van der Waals surface area contributed by atoms with Crippen molar-refractivity contribution in [3.63, 3.8) is 0 Å². The summed E-state index contributed by atoms with van der Waals surface area (Å²) in [7, 11) is 2.15. The Morgan fingerprint density at radius 2 is 1.62 bits per heavy atom. The number of likely N-dealkylation sites (N-methyl/N-ethyl adjacent to an activating group) is 1. The number of rotatable bonds is 5. The van der Waals surface area contributed by atoms with Crippen LogP contribution in [0.3, 0.4) is 0 Å². The van der Waals surface area contributed by atoms with Gasteiger partial charge in [0.05, 0.1) is 12.7 Å². The van der Waals surface area contributed by atoms with Crippen molar-refractivity contribution in [1.29, 1.82) is 0 Å². The average molecular weight is 187 g/mol. The molecule has 0 amide bonds. The molecule has 0 aliphatic heterocycles. The molecular formula is C11H25NO. The first kappa shape index (κ1) is 12.9. The van der Waals surface area contributed by atoms with Gasteiger partial charge in [0.2, 0.25) is 0 Å². The lowest BCUT2D eigenvalue weighted by molar-refractivity contribution is -0.0148. The maximum Gasteiger partial charge on any atom is 0.0648 e. The summed E-state index contributed by atoms with van der Waals surface area (Å²) in [6.07, 6.45) is 0.319. The van der Waals surface area contributed by atoms with E-state index in [1.807, 2.05) is 0 Å². The van der Waals surface area contributed by atoms with Crippen LogP contribution >= 0.6 is 0 Å². The van der Waals surface area contributed by atoms with Crippen molar-refractivity contribution in [3.8, 4) is 0 Å². The molecule has 80 valence electrons. The topological polar surface area (TPSA) is 12.5 Å². The molecule has 0 spiro atoms. The predicted octanol–water partition coefficient (Wildman–Crippen LogP) is 2.53. The van der Waals surface area contributed by atoms with Crippen molar-refractivity contribution in [3.05, 3.63) is 0 Å². The fraction of sp³-hybridized carbons (Fsp3) is 1.00. The Morgan fingerprint density at radius 1 is 1.15 bits per heavy atom. The highest BCUT2D eigenvalue weighted by Crippen LogP contribution is 2.16. The summed E-state index contributed by atoms with van der Waals surface area (Å²) < 4.78 is 5.64. The quantitative estimate of drug-likeness (QED) is 0.656. The van der Waals surface area contributed by atoms with Crippen molar-refractivity contribution in [2.75, 3.05) is 13.7 Å². The molecule has 0 fully saturated rings. The van der Waals surface area contributed by atoms with Gasteiger partial charge in [-0.05, 0) is 48.6 Å². The van der Waals surface area contributed by atoms with Gasteiger partial charge in [0.15, 0.2) is 0 Å². The fourth-order valence-corrected chi connectivity index (χ4v) is 1.17. The van der Waals surface area contributed by atoms with E-state index in [0.717, 1.165) is 6.61 Å². The smallest absolute Gasteiger partial charge is 0.0648 e. The van der Waals surface area contributed by atoms with Crippen LogP contribution in [0.2, 0.25) is 0 Å². The predicted molar refractivity (Wildman–Crippen MR) is 58.1 cm³/mol. The first-order chi connectivity index (χ1) is 5.77. The Hall–Kier alpha value is -0.0800. The van der Waals surface area contributed by atoms with E-state index < -0.39 is 0 Å². The molecule has 0 radical (unpaired) electrons. The highest BCUT2D eigenvalue weighted by molar-refractivity contribution is 4.81. The van der Waals surface area contributed by atoms with E-state index in [-0.39, 0.29) is 5.54 Å². The minimum Gasteiger partial charge on any atom is -0.377 e. The fourth-order valence-electron chi connectivity index (χ4n) is 1.17. The molecular weight excluding hydrogens is 162 g/mol. The third-order valence-corrected chi connectivity index (χ3v) is 2.50. The first-order valence-electron chi connectivity index (χ1n) is 5.12. The van der Waals surface area contributed by atoms with Crippen molar-refractivity contribution in [2.45, 2.75) is 59.2 Å². The van der Waals surface area contributed by atoms with Gasteiger partial charge in [-0.2, -0.15) is 0 Å². The van der Waals surface area contributed by atoms with Gasteiger partial charge in [-0.1, -0.05) is 0 Å². The van der Waals surface area contributed by atoms with E-state index in [4.69, 9.17) is 4.74 Å². The van der Waals surface area contributed by atoms with E-state index in [0.29, 0.717) is 12.1 Å². The average Bonchev–Trinajstić information content (AvgIpc) is 1.99. The van der Waals surface area contributed by atoms with Crippen LogP contribution in [0.4, 0.5) is 0 Å². The van der Waals surface area contributed by atoms with Gasteiger partial charge in [0, 0.05) is 11.6 Å². The summed E-state index contributed by atoms with van der Waals surface area (Å²) in [5.74, 6) is 0. The molecule has 2 heteroatoms. The summed E-state index contributed by atoms with van der Waals surface area (Å²) in [4.78, 5) is 2.34. The van der Waals surface area contributed by atoms with Crippen LogP contribution in [-0.2, 0) is 4.74 Å². The molecule has 0 heterocycles. The molecule has 0 aromatic carbocycles. The molecule has 0 unspecified atom stereocenters. The van der Waals surface area contributed by atoms with Gasteiger partial charge in [-0.25, -0.2) is 0 Å². The normalized spacial score (nSPS) is 13.4. The minimum absolute atomic E-state index is 0.123. The second kappa shape index (κ2) is 4.97. The summed E-state index contributed by atoms with van der Waals surface area (Å²) >= 11 is 0. The van der Waals surface area contributed by atoms with Crippen molar-refractivity contribution < 1.29 is 4.74 Å². The SMILES string of the molecule is CC(C)OCC(C)(C)N(C)C(C)C. The molecule has 13 heavy (non-hydrogen) atoms. The van der Waals surface area contributed by atoms with Crippen LogP contribution in [0.1, 0.15) is 41.5 Å². The Labute approximate surface area is 83.3 Å². The lowest BCUT2D eigenvalue weighted by atomic mass is 10.0. The summed E-state index contributed by atoms with van der Waals surface area (Å²) in [5.41, 5.74) is 0.123. The first-order valence-corrected chi connectivity index (χ1v) is 5.12. The largest absolute Gasteiger partial charge is 0.377 e. The lowest BCUT2D eigenvalue weighted by Gasteiger charge is -2.38. The maximum absolute atomic E-state index is 5.64. The second-order valence-corrected chi connectivity index (χ2v) is 4.88. The molecule has 0 rings (SSSR count). The molecule has 0 aromatic heterocycles. The van der Waals surface area contributed by atoms with E-state index in [9.17, 15) is 0 Å². The standard InChI is InChI=1S/C11H25NO/c1-9(2)12(7)11(5,6)8-13-10(3)4/h9-10H,8H2,1-7H3. The van der Waals surface area contributed by atoms with Crippen LogP contribution in [0, 0.1) is 0 Å². The molecule has 0 aliphatic carbocycles. The van der Waals surface area contributed by atoms with Crippen LogP contribution < -0.4 is 0 Å². The molecule has 0 aromatic rings. The summed E-state index contributed by atoms with van der Waals surface area (Å²) in [6, 6.07) is 0.561. The van der Waals surface area contributed by atoms with Crippen LogP contribution in [0.15, 0.2) is 0 Å². The van der Waals surface area contributed by atoms with Gasteiger partial charge < -0.3 is 4.74 Å². The van der Waals surface area contributed by atoms with Gasteiger partial charge in [0.25, 0.3) is 0 Å². The molecule has 0 saturated heterocycles. The number of hydrogen-bond donors (Lipinski definition) is 0. The molecule has 2 nitrogen and oxygen atoms in total. The number of hydrogen-bond acceptors (Lipinski definition) is 2. The van der Waals surface area contributed by atoms with Crippen molar-refractivity contribution in [1.82, 2.24) is 4.90 Å². The Bertz CT molecular complexity index is 141. The van der Waals surface area contributed by atoms with E-state index in [1.165, 1.54) is 0 Å². The third-order valence-electron chi connectivity index (χ3n) is 2.50. The Kier molecular flexibility index (Phi) is 4.93. The molecule has 0 N–H and O–H groups in total. The summed E-state index contributed by atoms with van der Waals surface area (Å²) in [6.45, 7) is 13.8.